The Morgan fingerprint density at radius 2 is 1.76 bits per heavy atom. The molecule has 3 aromatic rings. The molecule has 3 aromatic carbocycles. The Kier molecular flexibility index (Phi) is 7.24. The van der Waals surface area contributed by atoms with Gasteiger partial charge < -0.3 is 19.5 Å². The predicted molar refractivity (Wildman–Crippen MR) is 136 cm³/mol. The van der Waals surface area contributed by atoms with Gasteiger partial charge in [-0.15, -0.1) is 0 Å². The summed E-state index contributed by atoms with van der Waals surface area (Å²) >= 11 is 0. The van der Waals surface area contributed by atoms with Gasteiger partial charge in [0, 0.05) is 23.3 Å². The number of nitrogens with zero attached hydrogens (tertiary/aromatic N) is 2. The van der Waals surface area contributed by atoms with Crippen LogP contribution in [0.25, 0.3) is 5.76 Å². The monoisotopic (exact) mass is 502 g/mol. The van der Waals surface area contributed by atoms with Crippen LogP contribution >= 0.6 is 0 Å². The highest BCUT2D eigenvalue weighted by Gasteiger charge is 2.46. The van der Waals surface area contributed by atoms with E-state index in [1.807, 2.05) is 13.8 Å². The number of para-hydroxylation sites is 1. The molecule has 0 spiro atoms. The third kappa shape index (κ3) is 5.16. The fraction of sp³-hybridized carbons (Fsp3) is 0.214. The summed E-state index contributed by atoms with van der Waals surface area (Å²) in [6, 6.07) is 18.4. The van der Waals surface area contributed by atoms with Crippen molar-refractivity contribution in [2.45, 2.75) is 32.5 Å². The summed E-state index contributed by atoms with van der Waals surface area (Å²) in [5.74, 6) is -0.961. The smallest absolute Gasteiger partial charge is 0.295 e. The van der Waals surface area contributed by atoms with Crippen LogP contribution in [0.5, 0.6) is 11.5 Å². The molecule has 1 unspecified atom stereocenters. The largest absolute Gasteiger partial charge is 0.507 e. The Balaban J connectivity index is 1.86. The van der Waals surface area contributed by atoms with E-state index in [1.165, 1.54) is 36.3 Å². The molecule has 0 saturated carbocycles. The van der Waals surface area contributed by atoms with E-state index in [4.69, 9.17) is 9.47 Å². The second kappa shape index (κ2) is 10.5. The molecule has 1 N–H and O–H groups in total. The first-order valence-corrected chi connectivity index (χ1v) is 11.6. The number of amides is 1. The van der Waals surface area contributed by atoms with Crippen LogP contribution in [0.4, 0.5) is 5.69 Å². The van der Waals surface area contributed by atoms with Gasteiger partial charge in [-0.2, -0.15) is 0 Å². The van der Waals surface area contributed by atoms with Crippen LogP contribution < -0.4 is 9.47 Å². The van der Waals surface area contributed by atoms with Gasteiger partial charge in [0.05, 0.1) is 36.3 Å². The number of aliphatic hydroxyl groups excluding tert-OH is 1. The number of benzene rings is 3. The number of hydrogen-bond donors (Lipinski definition) is 1. The molecule has 1 fully saturated rings. The average molecular weight is 503 g/mol. The number of non-ortho nitro benzene ring substituents is 1. The molecule has 0 aliphatic carbocycles. The number of ether oxygens (including phenoxy) is 2. The Hall–Kier alpha value is -4.66. The van der Waals surface area contributed by atoms with E-state index < -0.39 is 28.4 Å². The van der Waals surface area contributed by atoms with Crippen molar-refractivity contribution in [3.05, 3.63) is 105 Å². The molecular formula is C28H26N2O7. The summed E-state index contributed by atoms with van der Waals surface area (Å²) in [6.45, 7) is 3.82. The van der Waals surface area contributed by atoms with Gasteiger partial charge in [0.25, 0.3) is 17.4 Å². The number of hydrogen-bond acceptors (Lipinski definition) is 7. The van der Waals surface area contributed by atoms with Crippen LogP contribution in [-0.2, 0) is 16.1 Å². The number of methoxy groups -OCH3 is 1. The average Bonchev–Trinajstić information content (AvgIpc) is 3.13. The van der Waals surface area contributed by atoms with Crippen LogP contribution in [0, 0.1) is 10.1 Å². The second-order valence-electron chi connectivity index (χ2n) is 8.78. The minimum Gasteiger partial charge on any atom is -0.507 e. The molecule has 1 amide bonds. The topological polar surface area (TPSA) is 119 Å². The first-order valence-electron chi connectivity index (χ1n) is 11.6. The molecule has 1 saturated heterocycles. The van der Waals surface area contributed by atoms with Crippen molar-refractivity contribution in [3.8, 4) is 11.5 Å². The van der Waals surface area contributed by atoms with Crippen molar-refractivity contribution in [2.24, 2.45) is 0 Å². The standard InChI is InChI=1S/C28H26N2O7/c1-17(2)37-22-9-6-8-19(15-22)25-24(26(31)18-11-13-21(14-12-18)30(34)35)27(32)28(33)29(25)16-20-7-4-5-10-23(20)36-3/h4-15,17,25,31H,16H2,1-3H3/b26-24+. The van der Waals surface area contributed by atoms with Gasteiger partial charge in [0.15, 0.2) is 0 Å². The SMILES string of the molecule is COc1ccccc1CN1C(=O)C(=O)/C(=C(/O)c2ccc([N+](=O)[O-])cc2)C1c1cccc(OC(C)C)c1. The normalized spacial score (nSPS) is 16.8. The molecule has 0 aromatic heterocycles. The van der Waals surface area contributed by atoms with E-state index in [9.17, 15) is 24.8 Å². The zero-order chi connectivity index (χ0) is 26.7. The summed E-state index contributed by atoms with van der Waals surface area (Å²) < 4.78 is 11.3. The first-order chi connectivity index (χ1) is 17.7. The van der Waals surface area contributed by atoms with Crippen molar-refractivity contribution < 1.29 is 29.1 Å². The third-order valence-electron chi connectivity index (χ3n) is 5.97. The van der Waals surface area contributed by atoms with E-state index >= 15 is 0 Å². The molecule has 190 valence electrons. The highest BCUT2D eigenvalue weighted by atomic mass is 16.6. The summed E-state index contributed by atoms with van der Waals surface area (Å²) in [7, 11) is 1.52. The molecule has 1 atom stereocenters. The van der Waals surface area contributed by atoms with Gasteiger partial charge >= 0.3 is 0 Å². The molecule has 9 heteroatoms. The lowest BCUT2D eigenvalue weighted by atomic mass is 9.95. The Morgan fingerprint density at radius 3 is 2.41 bits per heavy atom. The third-order valence-corrected chi connectivity index (χ3v) is 5.97. The molecule has 0 bridgehead atoms. The van der Waals surface area contributed by atoms with Crippen LogP contribution in [-0.4, -0.2) is 39.8 Å². The van der Waals surface area contributed by atoms with Crippen LogP contribution in [0.15, 0.2) is 78.4 Å². The van der Waals surface area contributed by atoms with Crippen molar-refractivity contribution >= 4 is 23.1 Å². The molecule has 1 aliphatic heterocycles. The maximum absolute atomic E-state index is 13.3. The van der Waals surface area contributed by atoms with Gasteiger partial charge in [-0.3, -0.25) is 19.7 Å². The van der Waals surface area contributed by atoms with E-state index in [0.29, 0.717) is 22.6 Å². The minimum absolute atomic E-state index is 0.0472. The zero-order valence-corrected chi connectivity index (χ0v) is 20.6. The summed E-state index contributed by atoms with van der Waals surface area (Å²) in [5, 5.41) is 22.3. The molecule has 4 rings (SSSR count). The van der Waals surface area contributed by atoms with Crippen molar-refractivity contribution in [1.82, 2.24) is 4.90 Å². The highest BCUT2D eigenvalue weighted by molar-refractivity contribution is 6.46. The Morgan fingerprint density at radius 1 is 1.05 bits per heavy atom. The number of carbonyl (C=O) groups excluding carboxylic acids is 2. The number of carbonyl (C=O) groups is 2. The van der Waals surface area contributed by atoms with E-state index in [-0.39, 0.29) is 29.5 Å². The fourth-order valence-electron chi connectivity index (χ4n) is 4.33. The molecule has 37 heavy (non-hydrogen) atoms. The van der Waals surface area contributed by atoms with Crippen LogP contribution in [0.3, 0.4) is 0 Å². The molecule has 9 nitrogen and oxygen atoms in total. The molecule has 1 heterocycles. The summed E-state index contributed by atoms with van der Waals surface area (Å²) in [6.07, 6.45) is -0.102. The van der Waals surface area contributed by atoms with E-state index in [1.54, 1.807) is 48.5 Å². The zero-order valence-electron chi connectivity index (χ0n) is 20.6. The second-order valence-corrected chi connectivity index (χ2v) is 8.78. The van der Waals surface area contributed by atoms with Crippen molar-refractivity contribution in [2.75, 3.05) is 7.11 Å². The maximum atomic E-state index is 13.3. The quantitative estimate of drug-likeness (QED) is 0.151. The number of aliphatic hydroxyl groups is 1. The lowest BCUT2D eigenvalue weighted by molar-refractivity contribution is -0.384. The minimum atomic E-state index is -0.934. The summed E-state index contributed by atoms with van der Waals surface area (Å²) in [5.41, 5.74) is 1.15. The number of nitro groups is 1. The molecule has 1 aliphatic rings. The number of nitro benzene ring substituents is 1. The molecule has 0 radical (unpaired) electrons. The van der Waals surface area contributed by atoms with Gasteiger partial charge in [0.1, 0.15) is 17.3 Å². The number of Topliss-reactive ketones (excluding diaryl/α,β-unsaturated/α-hetero) is 1. The Bertz CT molecular complexity index is 1380. The van der Waals surface area contributed by atoms with Crippen LogP contribution in [0.1, 0.15) is 36.6 Å². The van der Waals surface area contributed by atoms with Gasteiger partial charge in [-0.05, 0) is 49.7 Å². The Labute approximate surface area is 213 Å². The lowest BCUT2D eigenvalue weighted by Gasteiger charge is -2.26. The molecular weight excluding hydrogens is 476 g/mol. The van der Waals surface area contributed by atoms with Gasteiger partial charge in [0.2, 0.25) is 0 Å². The number of rotatable bonds is 8. The van der Waals surface area contributed by atoms with Crippen molar-refractivity contribution in [3.63, 3.8) is 0 Å². The lowest BCUT2D eigenvalue weighted by Crippen LogP contribution is -2.29. The number of likely N-dealkylation sites (tertiary alicyclic amines) is 1. The van der Waals surface area contributed by atoms with Crippen LogP contribution in [0.2, 0.25) is 0 Å². The fourth-order valence-corrected chi connectivity index (χ4v) is 4.33. The number of ketones is 1. The highest BCUT2D eigenvalue weighted by Crippen LogP contribution is 2.42. The van der Waals surface area contributed by atoms with Crippen molar-refractivity contribution in [1.29, 1.82) is 0 Å². The predicted octanol–water partition coefficient (Wildman–Crippen LogP) is 5.01. The summed E-state index contributed by atoms with van der Waals surface area (Å²) in [4.78, 5) is 38.5. The maximum Gasteiger partial charge on any atom is 0.295 e. The van der Waals surface area contributed by atoms with Gasteiger partial charge in [-0.1, -0.05) is 30.3 Å². The van der Waals surface area contributed by atoms with Gasteiger partial charge in [-0.25, -0.2) is 0 Å². The van der Waals surface area contributed by atoms with E-state index in [0.717, 1.165) is 0 Å². The van der Waals surface area contributed by atoms with E-state index in [2.05, 4.69) is 0 Å². The first kappa shape index (κ1) is 25.4.